The minimum atomic E-state index is 0.0292. The van der Waals surface area contributed by atoms with Crippen molar-refractivity contribution in [1.82, 2.24) is 25.7 Å². The van der Waals surface area contributed by atoms with Gasteiger partial charge in [-0.25, -0.2) is 0 Å². The van der Waals surface area contributed by atoms with Crippen LogP contribution in [0.4, 0.5) is 0 Å². The van der Waals surface area contributed by atoms with Gasteiger partial charge in [-0.2, -0.15) is 5.10 Å². The highest BCUT2D eigenvalue weighted by Gasteiger charge is 2.37. The van der Waals surface area contributed by atoms with Gasteiger partial charge in [-0.05, 0) is 55.5 Å². The second-order valence-corrected chi connectivity index (χ2v) is 7.69. The van der Waals surface area contributed by atoms with E-state index in [4.69, 9.17) is 0 Å². The summed E-state index contributed by atoms with van der Waals surface area (Å²) >= 11 is 0. The van der Waals surface area contributed by atoms with E-state index in [0.717, 1.165) is 36.8 Å². The number of carbonyl (C=O) groups excluding carboxylic acids is 1. The lowest BCUT2D eigenvalue weighted by Crippen LogP contribution is -2.40. The van der Waals surface area contributed by atoms with Crippen LogP contribution in [0.2, 0.25) is 0 Å². The van der Waals surface area contributed by atoms with Crippen LogP contribution in [-0.2, 0) is 0 Å². The van der Waals surface area contributed by atoms with Crippen molar-refractivity contribution in [2.45, 2.75) is 37.8 Å². The normalized spacial score (nSPS) is 23.6. The summed E-state index contributed by atoms with van der Waals surface area (Å²) in [7, 11) is 0. The molecule has 2 saturated heterocycles. The molecule has 2 fully saturated rings. The van der Waals surface area contributed by atoms with Crippen molar-refractivity contribution in [3.8, 4) is 28.1 Å². The summed E-state index contributed by atoms with van der Waals surface area (Å²) < 4.78 is 0. The zero-order chi connectivity index (χ0) is 19.1. The first kappa shape index (κ1) is 17.1. The molecule has 28 heavy (non-hydrogen) atoms. The van der Waals surface area contributed by atoms with E-state index in [2.05, 4.69) is 25.7 Å². The smallest absolute Gasteiger partial charge is 0.186 e. The molecule has 7 nitrogen and oxygen atoms in total. The molecular formula is C21H21N5O2. The van der Waals surface area contributed by atoms with Crippen molar-refractivity contribution in [3.63, 3.8) is 0 Å². The van der Waals surface area contributed by atoms with E-state index in [1.165, 1.54) is 0 Å². The lowest BCUT2D eigenvalue weighted by atomic mass is 9.87. The highest BCUT2D eigenvalue weighted by molar-refractivity contribution is 5.96. The monoisotopic (exact) mass is 375 g/mol. The van der Waals surface area contributed by atoms with Gasteiger partial charge in [0, 0.05) is 35.3 Å². The third-order valence-electron chi connectivity index (χ3n) is 5.87. The van der Waals surface area contributed by atoms with E-state index in [-0.39, 0.29) is 17.5 Å². The SMILES string of the molecule is O=C(c1ccc(-c2ccc(-c3cn[nH]c3)cc2O)nn1)C1CC2CCC(C1)N2. The Morgan fingerprint density at radius 2 is 1.86 bits per heavy atom. The highest BCUT2D eigenvalue weighted by atomic mass is 16.3. The average molecular weight is 375 g/mol. The van der Waals surface area contributed by atoms with Crippen molar-refractivity contribution >= 4 is 5.78 Å². The van der Waals surface area contributed by atoms with Crippen molar-refractivity contribution in [1.29, 1.82) is 0 Å². The number of aromatic amines is 1. The molecule has 5 rings (SSSR count). The number of fused-ring (bicyclic) bond motifs is 2. The molecule has 0 spiro atoms. The number of aromatic hydroxyl groups is 1. The van der Waals surface area contributed by atoms with E-state index in [1.807, 2.05) is 6.07 Å². The molecule has 4 heterocycles. The lowest BCUT2D eigenvalue weighted by molar-refractivity contribution is 0.0869. The number of Topliss-reactive ketones (excluding diaryl/α,β-unsaturated/α-hetero) is 1. The van der Waals surface area contributed by atoms with E-state index in [1.54, 1.807) is 36.7 Å². The number of aromatic nitrogens is 4. The topological polar surface area (TPSA) is 104 Å². The minimum Gasteiger partial charge on any atom is -0.507 e. The number of rotatable bonds is 4. The summed E-state index contributed by atoms with van der Waals surface area (Å²) in [6, 6.07) is 9.77. The van der Waals surface area contributed by atoms with Gasteiger partial charge < -0.3 is 10.4 Å². The fourth-order valence-corrected chi connectivity index (χ4v) is 4.42. The number of benzene rings is 1. The summed E-state index contributed by atoms with van der Waals surface area (Å²) in [6.45, 7) is 0. The minimum absolute atomic E-state index is 0.0292. The van der Waals surface area contributed by atoms with Crippen molar-refractivity contribution < 1.29 is 9.90 Å². The quantitative estimate of drug-likeness (QED) is 0.606. The number of nitrogens with zero attached hydrogens (tertiary/aromatic N) is 3. The Labute approximate surface area is 162 Å². The Morgan fingerprint density at radius 1 is 1.04 bits per heavy atom. The van der Waals surface area contributed by atoms with Gasteiger partial charge in [-0.3, -0.25) is 9.89 Å². The number of phenols is 1. The molecule has 7 heteroatoms. The average Bonchev–Trinajstić information content (AvgIpc) is 3.37. The number of nitrogens with one attached hydrogen (secondary N) is 2. The summed E-state index contributed by atoms with van der Waals surface area (Å²) in [5, 5.41) is 29.0. The largest absolute Gasteiger partial charge is 0.507 e. The van der Waals surface area contributed by atoms with Crippen molar-refractivity contribution in [2.24, 2.45) is 5.92 Å². The Bertz CT molecular complexity index is 988. The number of ketones is 1. The van der Waals surface area contributed by atoms with Crippen LogP contribution in [0.25, 0.3) is 22.4 Å². The highest BCUT2D eigenvalue weighted by Crippen LogP contribution is 2.34. The lowest BCUT2D eigenvalue weighted by Gasteiger charge is -2.27. The molecule has 2 bridgehead atoms. The Hall–Kier alpha value is -3.06. The van der Waals surface area contributed by atoms with E-state index in [9.17, 15) is 9.90 Å². The molecule has 0 aliphatic carbocycles. The Morgan fingerprint density at radius 3 is 2.50 bits per heavy atom. The van der Waals surface area contributed by atoms with Gasteiger partial charge in [0.15, 0.2) is 5.78 Å². The molecule has 0 amide bonds. The Balaban J connectivity index is 1.36. The molecule has 2 aliphatic rings. The molecule has 0 radical (unpaired) electrons. The van der Waals surface area contributed by atoms with E-state index < -0.39 is 0 Å². The summed E-state index contributed by atoms with van der Waals surface area (Å²) in [5.41, 5.74) is 3.28. The first-order valence-electron chi connectivity index (χ1n) is 9.64. The number of H-pyrrole nitrogens is 1. The van der Waals surface area contributed by atoms with Gasteiger partial charge in [0.05, 0.1) is 11.9 Å². The molecular weight excluding hydrogens is 354 g/mol. The van der Waals surface area contributed by atoms with Gasteiger partial charge in [0.1, 0.15) is 11.4 Å². The summed E-state index contributed by atoms with van der Waals surface area (Å²) in [4.78, 5) is 12.8. The molecule has 3 N–H and O–H groups in total. The zero-order valence-electron chi connectivity index (χ0n) is 15.3. The first-order valence-corrected chi connectivity index (χ1v) is 9.64. The van der Waals surface area contributed by atoms with Crippen LogP contribution in [0.15, 0.2) is 42.7 Å². The van der Waals surface area contributed by atoms with Gasteiger partial charge in [-0.15, -0.1) is 10.2 Å². The third-order valence-corrected chi connectivity index (χ3v) is 5.87. The van der Waals surface area contributed by atoms with Crippen LogP contribution in [-0.4, -0.2) is 43.4 Å². The number of phenolic OH excluding ortho intramolecular Hbond substituents is 1. The molecule has 142 valence electrons. The number of hydrogen-bond donors (Lipinski definition) is 3. The predicted molar refractivity (Wildman–Crippen MR) is 104 cm³/mol. The van der Waals surface area contributed by atoms with Crippen LogP contribution >= 0.6 is 0 Å². The van der Waals surface area contributed by atoms with Gasteiger partial charge >= 0.3 is 0 Å². The number of carbonyl (C=O) groups is 1. The molecule has 0 saturated carbocycles. The molecule has 2 aromatic heterocycles. The summed E-state index contributed by atoms with van der Waals surface area (Å²) in [6.07, 6.45) is 7.55. The zero-order valence-corrected chi connectivity index (χ0v) is 15.3. The maximum absolute atomic E-state index is 12.8. The molecule has 2 aliphatic heterocycles. The summed E-state index contributed by atoms with van der Waals surface area (Å²) in [5.74, 6) is 0.223. The van der Waals surface area contributed by atoms with Crippen LogP contribution in [0.1, 0.15) is 36.2 Å². The van der Waals surface area contributed by atoms with Crippen LogP contribution in [0.5, 0.6) is 5.75 Å². The maximum Gasteiger partial charge on any atom is 0.186 e. The number of hydrogen-bond acceptors (Lipinski definition) is 6. The van der Waals surface area contributed by atoms with E-state index >= 15 is 0 Å². The maximum atomic E-state index is 12.8. The fraction of sp³-hybridized carbons (Fsp3) is 0.333. The predicted octanol–water partition coefficient (Wildman–Crippen LogP) is 2.95. The molecule has 2 unspecified atom stereocenters. The van der Waals surface area contributed by atoms with Crippen LogP contribution < -0.4 is 5.32 Å². The first-order chi connectivity index (χ1) is 13.7. The third kappa shape index (κ3) is 3.07. The molecule has 1 aromatic carbocycles. The van der Waals surface area contributed by atoms with Gasteiger partial charge in [0.2, 0.25) is 0 Å². The standard InChI is InChI=1S/C21H21N5O2/c27-20-9-12(14-10-22-23-11-14)1-4-17(20)18-5-6-19(26-25-18)21(28)13-7-15-2-3-16(8-13)24-15/h1,4-6,9-11,13,15-16,24,27H,2-3,7-8H2,(H,22,23). The van der Waals surface area contributed by atoms with Crippen LogP contribution in [0, 0.1) is 5.92 Å². The van der Waals surface area contributed by atoms with Gasteiger partial charge in [-0.1, -0.05) is 6.07 Å². The van der Waals surface area contributed by atoms with Crippen molar-refractivity contribution in [2.75, 3.05) is 0 Å². The van der Waals surface area contributed by atoms with Crippen molar-refractivity contribution in [3.05, 3.63) is 48.4 Å². The molecule has 2 atom stereocenters. The second-order valence-electron chi connectivity index (χ2n) is 7.69. The fourth-order valence-electron chi connectivity index (χ4n) is 4.42. The molecule has 3 aromatic rings. The Kier molecular flexibility index (Phi) is 4.16. The second kappa shape index (κ2) is 6.83. The van der Waals surface area contributed by atoms with Gasteiger partial charge in [0.25, 0.3) is 0 Å². The number of piperidine rings is 1. The van der Waals surface area contributed by atoms with Crippen LogP contribution in [0.3, 0.4) is 0 Å². The van der Waals surface area contributed by atoms with E-state index in [0.29, 0.717) is 29.0 Å².